The van der Waals surface area contributed by atoms with Gasteiger partial charge in [0.05, 0.1) is 16.0 Å². The Bertz CT molecular complexity index is 1460. The first-order valence-corrected chi connectivity index (χ1v) is 15.4. The van der Waals surface area contributed by atoms with E-state index in [0.29, 0.717) is 0 Å². The van der Waals surface area contributed by atoms with E-state index in [1.165, 1.54) is 30.5 Å². The maximum absolute atomic E-state index is 13.4. The summed E-state index contributed by atoms with van der Waals surface area (Å²) < 4.78 is 55.5. The van der Waals surface area contributed by atoms with E-state index in [9.17, 15) is 21.6 Å². The molecule has 0 spiro atoms. The van der Waals surface area contributed by atoms with Crippen LogP contribution in [0.25, 0.3) is 0 Å². The van der Waals surface area contributed by atoms with Crippen LogP contribution in [0.5, 0.6) is 0 Å². The van der Waals surface area contributed by atoms with E-state index in [2.05, 4.69) is 10.5 Å². The first kappa shape index (κ1) is 27.0. The SMILES string of the molecule is CSc1ccc(/C=N\NC(=O)[C@H]2CN(S(=O)(=O)c3ccccc3)CCN2S(=O)(=O)c2ccccc2)cc1. The molecule has 0 saturated carbocycles. The first-order valence-electron chi connectivity index (χ1n) is 11.3. The smallest absolute Gasteiger partial charge is 0.259 e. The monoisotopic (exact) mass is 558 g/mol. The molecule has 1 aliphatic rings. The molecular formula is C25H26N4O5S3. The second kappa shape index (κ2) is 11.6. The van der Waals surface area contributed by atoms with Crippen molar-refractivity contribution >= 4 is 43.9 Å². The minimum Gasteiger partial charge on any atom is -0.271 e. The van der Waals surface area contributed by atoms with Gasteiger partial charge in [-0.2, -0.15) is 13.7 Å². The highest BCUT2D eigenvalue weighted by atomic mass is 32.2. The summed E-state index contributed by atoms with van der Waals surface area (Å²) in [5, 5.41) is 3.99. The van der Waals surface area contributed by atoms with Crippen molar-refractivity contribution in [1.29, 1.82) is 0 Å². The number of thioether (sulfide) groups is 1. The molecule has 3 aromatic carbocycles. The molecule has 1 N–H and O–H groups in total. The summed E-state index contributed by atoms with van der Waals surface area (Å²) in [6, 6.07) is 21.7. The van der Waals surface area contributed by atoms with Gasteiger partial charge < -0.3 is 0 Å². The topological polar surface area (TPSA) is 116 Å². The number of hydrogen-bond donors (Lipinski definition) is 1. The molecule has 1 saturated heterocycles. The lowest BCUT2D eigenvalue weighted by Crippen LogP contribution is -2.60. The number of sulfonamides is 2. The average Bonchev–Trinajstić information content (AvgIpc) is 2.94. The third-order valence-electron chi connectivity index (χ3n) is 5.83. The normalized spacial score (nSPS) is 17.6. The quantitative estimate of drug-likeness (QED) is 0.258. The summed E-state index contributed by atoms with van der Waals surface area (Å²) in [4.78, 5) is 14.4. The maximum Gasteiger partial charge on any atom is 0.259 e. The number of rotatable bonds is 8. The molecule has 12 heteroatoms. The fourth-order valence-electron chi connectivity index (χ4n) is 3.87. The lowest BCUT2D eigenvalue weighted by molar-refractivity contribution is -0.125. The number of carbonyl (C=O) groups is 1. The molecule has 3 aromatic rings. The maximum atomic E-state index is 13.4. The molecule has 1 amide bonds. The Morgan fingerprint density at radius 2 is 1.43 bits per heavy atom. The molecular weight excluding hydrogens is 532 g/mol. The molecule has 1 fully saturated rings. The van der Waals surface area contributed by atoms with Crippen LogP contribution >= 0.6 is 11.8 Å². The molecule has 0 bridgehead atoms. The Morgan fingerprint density at radius 1 is 0.865 bits per heavy atom. The summed E-state index contributed by atoms with van der Waals surface area (Å²) in [6.07, 6.45) is 3.41. The summed E-state index contributed by atoms with van der Waals surface area (Å²) in [5.41, 5.74) is 3.13. The lowest BCUT2D eigenvalue weighted by Gasteiger charge is -2.38. The van der Waals surface area contributed by atoms with Crippen LogP contribution in [0.2, 0.25) is 0 Å². The van der Waals surface area contributed by atoms with Crippen LogP contribution < -0.4 is 5.43 Å². The third-order valence-corrected chi connectivity index (χ3v) is 10.4. The molecule has 4 rings (SSSR count). The van der Waals surface area contributed by atoms with Crippen LogP contribution in [0, 0.1) is 0 Å². The first-order chi connectivity index (χ1) is 17.7. The molecule has 1 aliphatic heterocycles. The van der Waals surface area contributed by atoms with Crippen molar-refractivity contribution in [2.45, 2.75) is 20.7 Å². The van der Waals surface area contributed by atoms with Crippen LogP contribution in [-0.2, 0) is 24.8 Å². The van der Waals surface area contributed by atoms with E-state index in [-0.39, 0.29) is 29.4 Å². The fraction of sp³-hybridized carbons (Fsp3) is 0.200. The van der Waals surface area contributed by atoms with E-state index in [1.54, 1.807) is 48.2 Å². The Balaban J connectivity index is 1.60. The molecule has 0 radical (unpaired) electrons. The largest absolute Gasteiger partial charge is 0.271 e. The zero-order valence-corrected chi connectivity index (χ0v) is 22.4. The molecule has 0 aliphatic carbocycles. The highest BCUT2D eigenvalue weighted by Gasteiger charge is 2.43. The van der Waals surface area contributed by atoms with Gasteiger partial charge in [0.15, 0.2) is 0 Å². The molecule has 0 unspecified atom stereocenters. The molecule has 194 valence electrons. The fourth-order valence-corrected chi connectivity index (χ4v) is 7.32. The summed E-state index contributed by atoms with van der Waals surface area (Å²) in [5.74, 6) is -0.732. The van der Waals surface area contributed by atoms with Crippen molar-refractivity contribution < 1.29 is 21.6 Å². The lowest BCUT2D eigenvalue weighted by atomic mass is 10.2. The molecule has 9 nitrogen and oxygen atoms in total. The van der Waals surface area contributed by atoms with Crippen LogP contribution in [-0.4, -0.2) is 69.5 Å². The number of benzene rings is 3. The molecule has 0 aromatic heterocycles. The van der Waals surface area contributed by atoms with Gasteiger partial charge in [-0.15, -0.1) is 11.8 Å². The second-order valence-corrected chi connectivity index (χ2v) is 12.8. The molecule has 37 heavy (non-hydrogen) atoms. The zero-order valence-electron chi connectivity index (χ0n) is 20.0. The van der Waals surface area contributed by atoms with Gasteiger partial charge in [0.1, 0.15) is 6.04 Å². The van der Waals surface area contributed by atoms with Gasteiger partial charge in [-0.3, -0.25) is 4.79 Å². The zero-order chi connectivity index (χ0) is 26.5. The minimum absolute atomic E-state index is 0.0181. The van der Waals surface area contributed by atoms with Gasteiger partial charge in [0, 0.05) is 24.5 Å². The second-order valence-electron chi connectivity index (χ2n) is 8.13. The number of amides is 1. The van der Waals surface area contributed by atoms with Crippen LogP contribution in [0.3, 0.4) is 0 Å². The molecule has 1 heterocycles. The van der Waals surface area contributed by atoms with Gasteiger partial charge in [0.2, 0.25) is 20.0 Å². The van der Waals surface area contributed by atoms with Crippen molar-refractivity contribution in [3.8, 4) is 0 Å². The summed E-state index contributed by atoms with van der Waals surface area (Å²) in [7, 11) is -8.02. The van der Waals surface area contributed by atoms with E-state index in [0.717, 1.165) is 19.1 Å². The Hall–Kier alpha value is -3.03. The Kier molecular flexibility index (Phi) is 8.45. The van der Waals surface area contributed by atoms with E-state index in [1.807, 2.05) is 30.5 Å². The van der Waals surface area contributed by atoms with Crippen LogP contribution in [0.15, 0.2) is 105 Å². The Morgan fingerprint density at radius 3 is 2.00 bits per heavy atom. The van der Waals surface area contributed by atoms with Crippen LogP contribution in [0.1, 0.15) is 5.56 Å². The number of hydrazone groups is 1. The number of hydrogen-bond acceptors (Lipinski definition) is 7. The van der Waals surface area contributed by atoms with E-state index in [4.69, 9.17) is 0 Å². The van der Waals surface area contributed by atoms with Crippen molar-refractivity contribution in [1.82, 2.24) is 14.0 Å². The predicted molar refractivity (Wildman–Crippen MR) is 143 cm³/mol. The van der Waals surface area contributed by atoms with Gasteiger partial charge in [-0.1, -0.05) is 48.5 Å². The highest BCUT2D eigenvalue weighted by Crippen LogP contribution is 2.25. The highest BCUT2D eigenvalue weighted by molar-refractivity contribution is 7.98. The Labute approximate surface area is 221 Å². The van der Waals surface area contributed by atoms with Gasteiger partial charge in [-0.25, -0.2) is 22.3 Å². The standard InChI is InChI=1S/C25H26N4O5S3/c1-35-21-14-12-20(13-15-21)18-26-27-25(30)24-19-28(36(31,32)22-8-4-2-5-9-22)16-17-29(24)37(33,34)23-10-6-3-7-11-23/h2-15,18,24H,16-17,19H2,1H3,(H,27,30)/b26-18-/t24-/m1/s1. The van der Waals surface area contributed by atoms with Crippen molar-refractivity contribution in [3.63, 3.8) is 0 Å². The van der Waals surface area contributed by atoms with Gasteiger partial charge >= 0.3 is 0 Å². The molecule has 1 atom stereocenters. The number of piperazine rings is 1. The number of nitrogens with one attached hydrogen (secondary N) is 1. The number of carbonyl (C=O) groups excluding carboxylic acids is 1. The van der Waals surface area contributed by atoms with E-state index >= 15 is 0 Å². The summed E-state index contributed by atoms with van der Waals surface area (Å²) in [6.45, 7) is -0.646. The van der Waals surface area contributed by atoms with Crippen molar-refractivity contribution in [2.75, 3.05) is 25.9 Å². The van der Waals surface area contributed by atoms with Crippen molar-refractivity contribution in [3.05, 3.63) is 90.5 Å². The van der Waals surface area contributed by atoms with Gasteiger partial charge in [0.25, 0.3) is 5.91 Å². The van der Waals surface area contributed by atoms with Gasteiger partial charge in [-0.05, 0) is 48.2 Å². The number of nitrogens with zero attached hydrogens (tertiary/aromatic N) is 3. The third kappa shape index (κ3) is 6.11. The summed E-state index contributed by atoms with van der Waals surface area (Å²) >= 11 is 1.60. The van der Waals surface area contributed by atoms with Crippen LogP contribution in [0.4, 0.5) is 0 Å². The van der Waals surface area contributed by atoms with E-state index < -0.39 is 32.0 Å². The van der Waals surface area contributed by atoms with Crippen molar-refractivity contribution in [2.24, 2.45) is 5.10 Å². The minimum atomic E-state index is -4.08. The average molecular weight is 559 g/mol. The predicted octanol–water partition coefficient (Wildman–Crippen LogP) is 2.62.